The number of benzene rings is 2. The third kappa shape index (κ3) is 6.90. The first-order valence-corrected chi connectivity index (χ1v) is 6.65. The van der Waals surface area contributed by atoms with Gasteiger partial charge in [-0.05, 0) is 38.8 Å². The maximum absolute atomic E-state index is 2.17. The lowest BCUT2D eigenvalue weighted by molar-refractivity contribution is 1.34. The maximum Gasteiger partial charge on any atom is -0.0395 e. The Kier molecular flexibility index (Phi) is 8.65. The van der Waals surface area contributed by atoms with E-state index in [2.05, 4.69) is 76.2 Å². The summed E-state index contributed by atoms with van der Waals surface area (Å²) in [6.45, 7) is 12.4. The monoisotopic (exact) mass is 242 g/mol. The second-order valence-corrected chi connectivity index (χ2v) is 4.24. The predicted octanol–water partition coefficient (Wildman–Crippen LogP) is 5.63. The summed E-state index contributed by atoms with van der Waals surface area (Å²) in [4.78, 5) is 0. The van der Waals surface area contributed by atoms with Crippen molar-refractivity contribution in [2.75, 3.05) is 0 Å². The molecule has 0 radical (unpaired) electrons. The maximum atomic E-state index is 2.17. The van der Waals surface area contributed by atoms with Crippen LogP contribution in [0.4, 0.5) is 0 Å². The van der Waals surface area contributed by atoms with Gasteiger partial charge >= 0.3 is 0 Å². The molecule has 0 aliphatic rings. The molecule has 0 aliphatic carbocycles. The summed E-state index contributed by atoms with van der Waals surface area (Å²) in [6, 6.07) is 16.8. The van der Waals surface area contributed by atoms with Crippen LogP contribution < -0.4 is 0 Å². The summed E-state index contributed by atoms with van der Waals surface area (Å²) in [6.07, 6.45) is 0. The van der Waals surface area contributed by atoms with Gasteiger partial charge in [0.15, 0.2) is 0 Å². The van der Waals surface area contributed by atoms with Crippen LogP contribution in [0.15, 0.2) is 48.5 Å². The molecule has 0 amide bonds. The molecule has 0 saturated carbocycles. The predicted molar refractivity (Wildman–Crippen MR) is 83.2 cm³/mol. The Morgan fingerprint density at radius 1 is 0.556 bits per heavy atom. The number of hydrogen-bond donors (Lipinski definition) is 0. The van der Waals surface area contributed by atoms with Crippen molar-refractivity contribution in [2.24, 2.45) is 0 Å². The molecule has 0 heterocycles. The minimum atomic E-state index is 1.34. The van der Waals surface area contributed by atoms with Crippen molar-refractivity contribution in [1.29, 1.82) is 0 Å². The molecule has 0 aliphatic heterocycles. The van der Waals surface area contributed by atoms with E-state index in [9.17, 15) is 0 Å². The van der Waals surface area contributed by atoms with Crippen LogP contribution in [0.5, 0.6) is 0 Å². The Hall–Kier alpha value is -1.56. The Bertz CT molecular complexity index is 403. The van der Waals surface area contributed by atoms with Crippen molar-refractivity contribution < 1.29 is 0 Å². The zero-order chi connectivity index (χ0) is 14.0. The fourth-order valence-electron chi connectivity index (χ4n) is 1.47. The zero-order valence-corrected chi connectivity index (χ0v) is 12.6. The molecule has 0 N–H and O–H groups in total. The summed E-state index contributed by atoms with van der Waals surface area (Å²) in [5.74, 6) is 0. The molecule has 98 valence electrons. The first kappa shape index (κ1) is 16.4. The molecule has 0 spiro atoms. The third-order valence-corrected chi connectivity index (χ3v) is 2.60. The van der Waals surface area contributed by atoms with Crippen LogP contribution in [0.3, 0.4) is 0 Å². The highest BCUT2D eigenvalue weighted by Crippen LogP contribution is 2.02. The van der Waals surface area contributed by atoms with E-state index in [1.54, 1.807) is 0 Å². The Morgan fingerprint density at radius 3 is 1.17 bits per heavy atom. The molecule has 2 rings (SSSR count). The second kappa shape index (κ2) is 9.47. The van der Waals surface area contributed by atoms with Crippen molar-refractivity contribution in [3.63, 3.8) is 0 Å². The van der Waals surface area contributed by atoms with E-state index in [-0.39, 0.29) is 0 Å². The normalized spacial score (nSPS) is 8.56. The molecule has 0 nitrogen and oxygen atoms in total. The lowest BCUT2D eigenvalue weighted by Crippen LogP contribution is -1.74. The molecule has 0 heteroatoms. The molecule has 0 fully saturated rings. The molecular weight excluding hydrogens is 216 g/mol. The van der Waals surface area contributed by atoms with Gasteiger partial charge in [0, 0.05) is 0 Å². The van der Waals surface area contributed by atoms with Gasteiger partial charge in [0.2, 0.25) is 0 Å². The Morgan fingerprint density at radius 2 is 0.944 bits per heavy atom. The average Bonchev–Trinajstić information content (AvgIpc) is 2.36. The van der Waals surface area contributed by atoms with E-state index < -0.39 is 0 Å². The van der Waals surface area contributed by atoms with Crippen LogP contribution in [0, 0.1) is 27.7 Å². The van der Waals surface area contributed by atoms with Gasteiger partial charge in [0.05, 0.1) is 0 Å². The first-order chi connectivity index (χ1) is 8.59. The standard InChI is InChI=1S/2C8H10.C2H6/c1-7-4-3-5-8(2)6-7;1-7-5-3-4-6-8(7)2;1-2/h2*3-6H,1-2H3;1-2H3. The van der Waals surface area contributed by atoms with E-state index in [1.807, 2.05) is 13.8 Å². The van der Waals surface area contributed by atoms with E-state index in [4.69, 9.17) is 0 Å². The highest BCUT2D eigenvalue weighted by Gasteiger charge is 1.84. The fourth-order valence-corrected chi connectivity index (χ4v) is 1.47. The van der Waals surface area contributed by atoms with Crippen LogP contribution in [0.2, 0.25) is 0 Å². The third-order valence-electron chi connectivity index (χ3n) is 2.60. The van der Waals surface area contributed by atoms with Crippen molar-refractivity contribution in [3.05, 3.63) is 70.8 Å². The van der Waals surface area contributed by atoms with Gasteiger partial charge in [0.1, 0.15) is 0 Å². The van der Waals surface area contributed by atoms with Gasteiger partial charge in [-0.3, -0.25) is 0 Å². The van der Waals surface area contributed by atoms with Crippen molar-refractivity contribution in [2.45, 2.75) is 41.5 Å². The molecule has 0 bridgehead atoms. The number of aryl methyl sites for hydroxylation is 4. The molecule has 2 aromatic carbocycles. The lowest BCUT2D eigenvalue weighted by Gasteiger charge is -1.93. The van der Waals surface area contributed by atoms with Crippen molar-refractivity contribution in [3.8, 4) is 0 Å². The molecule has 0 atom stereocenters. The van der Waals surface area contributed by atoms with Crippen LogP contribution in [0.25, 0.3) is 0 Å². The zero-order valence-electron chi connectivity index (χ0n) is 12.6. The minimum absolute atomic E-state index is 1.34. The smallest absolute Gasteiger partial charge is 0.0395 e. The summed E-state index contributed by atoms with van der Waals surface area (Å²) < 4.78 is 0. The van der Waals surface area contributed by atoms with Gasteiger partial charge < -0.3 is 0 Å². The molecule has 0 saturated heterocycles. The molecule has 0 aromatic heterocycles. The van der Waals surface area contributed by atoms with Crippen LogP contribution in [0.1, 0.15) is 36.1 Å². The molecule has 0 unspecified atom stereocenters. The summed E-state index contributed by atoms with van der Waals surface area (Å²) >= 11 is 0. The van der Waals surface area contributed by atoms with Crippen LogP contribution >= 0.6 is 0 Å². The molecule has 2 aromatic rings. The van der Waals surface area contributed by atoms with Gasteiger partial charge in [-0.15, -0.1) is 0 Å². The minimum Gasteiger partial charge on any atom is -0.0683 e. The van der Waals surface area contributed by atoms with E-state index in [1.165, 1.54) is 22.3 Å². The highest BCUT2D eigenvalue weighted by molar-refractivity contribution is 5.23. The van der Waals surface area contributed by atoms with Crippen molar-refractivity contribution in [1.82, 2.24) is 0 Å². The van der Waals surface area contributed by atoms with E-state index in [0.29, 0.717) is 0 Å². The van der Waals surface area contributed by atoms with Crippen LogP contribution in [-0.4, -0.2) is 0 Å². The average molecular weight is 242 g/mol. The largest absolute Gasteiger partial charge is 0.0683 e. The summed E-state index contributed by atoms with van der Waals surface area (Å²) in [7, 11) is 0. The lowest BCUT2D eigenvalue weighted by atomic mass is 10.1. The Labute approximate surface area is 113 Å². The molecule has 18 heavy (non-hydrogen) atoms. The number of rotatable bonds is 0. The van der Waals surface area contributed by atoms with Crippen LogP contribution in [-0.2, 0) is 0 Å². The van der Waals surface area contributed by atoms with Crippen molar-refractivity contribution >= 4 is 0 Å². The van der Waals surface area contributed by atoms with E-state index in [0.717, 1.165) is 0 Å². The van der Waals surface area contributed by atoms with Gasteiger partial charge in [-0.2, -0.15) is 0 Å². The second-order valence-electron chi connectivity index (χ2n) is 4.24. The van der Waals surface area contributed by atoms with Gasteiger partial charge in [0.25, 0.3) is 0 Å². The summed E-state index contributed by atoms with van der Waals surface area (Å²) in [5.41, 5.74) is 5.41. The number of hydrogen-bond acceptors (Lipinski definition) is 0. The highest BCUT2D eigenvalue weighted by atomic mass is 13.9. The fraction of sp³-hybridized carbons (Fsp3) is 0.333. The quantitative estimate of drug-likeness (QED) is 0.561. The summed E-state index contributed by atoms with van der Waals surface area (Å²) in [5, 5.41) is 0. The molecular formula is C18H26. The SMILES string of the molecule is CC.Cc1cccc(C)c1.Cc1ccccc1C. The Balaban J connectivity index is 0.000000283. The topological polar surface area (TPSA) is 0 Å². The van der Waals surface area contributed by atoms with Gasteiger partial charge in [-0.1, -0.05) is 73.5 Å². The van der Waals surface area contributed by atoms with E-state index >= 15 is 0 Å². The van der Waals surface area contributed by atoms with Gasteiger partial charge in [-0.25, -0.2) is 0 Å². The first-order valence-electron chi connectivity index (χ1n) is 6.65.